The number of aliphatic hydroxyl groups excluding tert-OH is 1. The van der Waals surface area contributed by atoms with Gasteiger partial charge in [-0.3, -0.25) is 0 Å². The molecule has 0 amide bonds. The molecule has 162 valence electrons. The van der Waals surface area contributed by atoms with Crippen molar-refractivity contribution in [1.82, 2.24) is 4.98 Å². The molecule has 0 saturated carbocycles. The third-order valence-corrected chi connectivity index (χ3v) is 5.74. The van der Waals surface area contributed by atoms with Crippen LogP contribution in [0.15, 0.2) is 41.3 Å². The van der Waals surface area contributed by atoms with E-state index in [1.54, 1.807) is 0 Å². The maximum absolute atomic E-state index is 10.8. The van der Waals surface area contributed by atoms with E-state index < -0.39 is 6.10 Å². The van der Waals surface area contributed by atoms with Crippen molar-refractivity contribution in [2.75, 3.05) is 6.61 Å². The Morgan fingerprint density at radius 1 is 1.10 bits per heavy atom. The SMILES string of the molecule is Cc1ccc(SOCC(O)c2ccc(OC(C)(C)C)c3nc(OC(C)C)sc23)cc1. The minimum Gasteiger partial charge on any atom is -0.486 e. The van der Waals surface area contributed by atoms with Gasteiger partial charge in [-0.05, 0) is 59.7 Å². The van der Waals surface area contributed by atoms with E-state index in [4.69, 9.17) is 13.7 Å². The molecule has 5 nitrogen and oxygen atoms in total. The Hall–Kier alpha value is -1.80. The summed E-state index contributed by atoms with van der Waals surface area (Å²) in [5.74, 6) is 0.679. The highest BCUT2D eigenvalue weighted by molar-refractivity contribution is 7.94. The molecule has 0 aliphatic heterocycles. The molecule has 7 heteroatoms. The van der Waals surface area contributed by atoms with E-state index in [-0.39, 0.29) is 18.3 Å². The fraction of sp³-hybridized carbons (Fsp3) is 0.435. The van der Waals surface area contributed by atoms with Crippen LogP contribution in [0.1, 0.15) is 51.8 Å². The van der Waals surface area contributed by atoms with E-state index >= 15 is 0 Å². The van der Waals surface area contributed by atoms with Gasteiger partial charge in [0.1, 0.15) is 23.0 Å². The number of aromatic nitrogens is 1. The van der Waals surface area contributed by atoms with Crippen molar-refractivity contribution in [2.45, 2.75) is 64.2 Å². The lowest BCUT2D eigenvalue weighted by molar-refractivity contribution is 0.120. The van der Waals surface area contributed by atoms with E-state index in [9.17, 15) is 5.11 Å². The Morgan fingerprint density at radius 3 is 2.43 bits per heavy atom. The average molecular weight is 448 g/mol. The molecule has 0 aliphatic carbocycles. The van der Waals surface area contributed by atoms with Crippen LogP contribution in [-0.4, -0.2) is 28.4 Å². The number of nitrogens with zero attached hydrogens (tertiary/aromatic N) is 1. The molecule has 0 aliphatic rings. The van der Waals surface area contributed by atoms with Gasteiger partial charge in [0.05, 0.1) is 17.4 Å². The van der Waals surface area contributed by atoms with Gasteiger partial charge in [0.15, 0.2) is 0 Å². The molecule has 3 aromatic rings. The van der Waals surface area contributed by atoms with Crippen molar-refractivity contribution in [1.29, 1.82) is 0 Å². The van der Waals surface area contributed by atoms with Crippen LogP contribution >= 0.6 is 23.4 Å². The number of benzene rings is 2. The first kappa shape index (κ1) is 22.9. The van der Waals surface area contributed by atoms with Gasteiger partial charge in [-0.15, -0.1) is 0 Å². The normalized spacial score (nSPS) is 13.1. The van der Waals surface area contributed by atoms with Gasteiger partial charge in [-0.2, -0.15) is 4.98 Å². The summed E-state index contributed by atoms with van der Waals surface area (Å²) >= 11 is 2.68. The zero-order chi connectivity index (χ0) is 21.9. The van der Waals surface area contributed by atoms with Crippen molar-refractivity contribution in [3.8, 4) is 10.9 Å². The van der Waals surface area contributed by atoms with Gasteiger partial charge in [0.2, 0.25) is 0 Å². The molecule has 0 fully saturated rings. The Kier molecular flexibility index (Phi) is 7.29. The molecule has 1 heterocycles. The Labute approximate surface area is 186 Å². The molecular formula is C23H29NO4S2. The zero-order valence-corrected chi connectivity index (χ0v) is 19.9. The van der Waals surface area contributed by atoms with Crippen molar-refractivity contribution in [3.63, 3.8) is 0 Å². The van der Waals surface area contributed by atoms with Gasteiger partial charge in [-0.1, -0.05) is 35.1 Å². The Balaban J connectivity index is 1.81. The van der Waals surface area contributed by atoms with E-state index in [1.165, 1.54) is 28.9 Å². The average Bonchev–Trinajstić information content (AvgIpc) is 3.05. The number of hydrogen-bond acceptors (Lipinski definition) is 7. The molecule has 1 aromatic heterocycles. The van der Waals surface area contributed by atoms with E-state index in [0.29, 0.717) is 16.5 Å². The van der Waals surface area contributed by atoms with Crippen LogP contribution in [0.5, 0.6) is 10.9 Å². The number of thiazole rings is 1. The topological polar surface area (TPSA) is 60.8 Å². The summed E-state index contributed by atoms with van der Waals surface area (Å²) in [5, 5.41) is 11.4. The molecule has 0 radical (unpaired) electrons. The fourth-order valence-electron chi connectivity index (χ4n) is 2.76. The second-order valence-corrected chi connectivity index (χ2v) is 10.2. The van der Waals surface area contributed by atoms with Gasteiger partial charge >= 0.3 is 0 Å². The van der Waals surface area contributed by atoms with Crippen LogP contribution in [0.4, 0.5) is 0 Å². The third-order valence-electron chi connectivity index (χ3n) is 4.03. The monoisotopic (exact) mass is 447 g/mol. The van der Waals surface area contributed by atoms with Crippen LogP contribution in [-0.2, 0) is 4.18 Å². The summed E-state index contributed by atoms with van der Waals surface area (Å²) in [5.41, 5.74) is 2.30. The Bertz CT molecular complexity index is 977. The summed E-state index contributed by atoms with van der Waals surface area (Å²) < 4.78 is 18.4. The van der Waals surface area contributed by atoms with Crippen molar-refractivity contribution in [2.24, 2.45) is 0 Å². The Morgan fingerprint density at radius 2 is 1.80 bits per heavy atom. The maximum Gasteiger partial charge on any atom is 0.274 e. The van der Waals surface area contributed by atoms with E-state index in [0.717, 1.165) is 15.2 Å². The first-order valence-electron chi connectivity index (χ1n) is 9.95. The lowest BCUT2D eigenvalue weighted by atomic mass is 10.1. The number of aliphatic hydroxyl groups is 1. The smallest absolute Gasteiger partial charge is 0.274 e. The van der Waals surface area contributed by atoms with Crippen LogP contribution in [0.3, 0.4) is 0 Å². The molecule has 1 unspecified atom stereocenters. The zero-order valence-electron chi connectivity index (χ0n) is 18.3. The number of ether oxygens (including phenoxy) is 2. The number of rotatable bonds is 8. The van der Waals surface area contributed by atoms with E-state index in [2.05, 4.69) is 4.98 Å². The molecule has 1 atom stereocenters. The summed E-state index contributed by atoms with van der Waals surface area (Å²) in [4.78, 5) is 5.63. The maximum atomic E-state index is 10.8. The van der Waals surface area contributed by atoms with Gasteiger partial charge in [-0.25, -0.2) is 0 Å². The highest BCUT2D eigenvalue weighted by Gasteiger charge is 2.22. The summed E-state index contributed by atoms with van der Waals surface area (Å²) in [6, 6.07) is 11.8. The molecule has 3 rings (SSSR count). The quantitative estimate of drug-likeness (QED) is 0.407. The van der Waals surface area contributed by atoms with Crippen LogP contribution < -0.4 is 9.47 Å². The first-order chi connectivity index (χ1) is 14.1. The summed E-state index contributed by atoms with van der Waals surface area (Å²) in [7, 11) is 0. The lowest BCUT2D eigenvalue weighted by Crippen LogP contribution is -2.23. The minimum absolute atomic E-state index is 0.0140. The predicted molar refractivity (Wildman–Crippen MR) is 124 cm³/mol. The van der Waals surface area contributed by atoms with Crippen molar-refractivity contribution >= 4 is 33.6 Å². The van der Waals surface area contributed by atoms with Crippen molar-refractivity contribution in [3.05, 3.63) is 47.5 Å². The van der Waals surface area contributed by atoms with E-state index in [1.807, 2.05) is 77.9 Å². The predicted octanol–water partition coefficient (Wildman–Crippen LogP) is 6.33. The second-order valence-electron chi connectivity index (χ2n) is 8.39. The molecule has 0 bridgehead atoms. The molecule has 2 aromatic carbocycles. The number of hydrogen-bond donors (Lipinski definition) is 1. The first-order valence-corrected chi connectivity index (χ1v) is 11.5. The van der Waals surface area contributed by atoms with Crippen LogP contribution in [0.25, 0.3) is 10.2 Å². The molecule has 0 saturated heterocycles. The highest BCUT2D eigenvalue weighted by Crippen LogP contribution is 2.40. The molecular weight excluding hydrogens is 418 g/mol. The minimum atomic E-state index is -0.790. The van der Waals surface area contributed by atoms with Gasteiger partial charge < -0.3 is 18.8 Å². The largest absolute Gasteiger partial charge is 0.486 e. The van der Waals surface area contributed by atoms with Crippen LogP contribution in [0, 0.1) is 6.92 Å². The lowest BCUT2D eigenvalue weighted by Gasteiger charge is -2.22. The third kappa shape index (κ3) is 6.11. The summed E-state index contributed by atoms with van der Waals surface area (Å²) in [6.45, 7) is 12.1. The number of aryl methyl sites for hydroxylation is 1. The van der Waals surface area contributed by atoms with Crippen LogP contribution in [0.2, 0.25) is 0 Å². The standard InChI is InChI=1S/C23H29NO4S2/c1-14(2)27-22-24-20-19(28-23(4,5)6)12-11-17(21(20)29-22)18(25)13-26-30-16-9-7-15(3)8-10-16/h7-12,14,18,25H,13H2,1-6H3. The molecule has 1 N–H and O–H groups in total. The number of fused-ring (bicyclic) bond motifs is 1. The fourth-order valence-corrected chi connectivity index (χ4v) is 4.46. The van der Waals surface area contributed by atoms with Gasteiger partial charge in [0.25, 0.3) is 5.19 Å². The molecule has 0 spiro atoms. The summed E-state index contributed by atoms with van der Waals surface area (Å²) in [6.07, 6.45) is -0.776. The highest BCUT2D eigenvalue weighted by atomic mass is 32.2. The second kappa shape index (κ2) is 9.56. The van der Waals surface area contributed by atoms with Crippen molar-refractivity contribution < 1.29 is 18.8 Å². The van der Waals surface area contributed by atoms with Gasteiger partial charge in [0, 0.05) is 22.5 Å². The molecule has 30 heavy (non-hydrogen) atoms.